The van der Waals surface area contributed by atoms with E-state index in [0.717, 1.165) is 17.2 Å². The molecule has 0 radical (unpaired) electrons. The van der Waals surface area contributed by atoms with Gasteiger partial charge in [0.15, 0.2) is 0 Å². The Labute approximate surface area is 77.0 Å². The first-order valence-corrected chi connectivity index (χ1v) is 6.42. The molecule has 0 bridgehead atoms. The summed E-state index contributed by atoms with van der Waals surface area (Å²) in [7, 11) is 2.03. The Kier molecular flexibility index (Phi) is 2.93. The van der Waals surface area contributed by atoms with Crippen LogP contribution in [0, 0.1) is 0 Å². The van der Waals surface area contributed by atoms with E-state index < -0.39 is 0 Å². The molecule has 0 saturated carbocycles. The number of benzene rings is 1. The van der Waals surface area contributed by atoms with Crippen LogP contribution in [0.25, 0.3) is 0 Å². The highest BCUT2D eigenvalue weighted by atomic mass is 31.1. The third-order valence-corrected chi connectivity index (χ3v) is 4.99. The maximum absolute atomic E-state index is 2.42. The number of hydrogen-bond acceptors (Lipinski definition) is 0. The van der Waals surface area contributed by atoms with Gasteiger partial charge in [0, 0.05) is 0 Å². The Morgan fingerprint density at radius 2 is 2.00 bits per heavy atom. The van der Waals surface area contributed by atoms with Gasteiger partial charge >= 0.3 is 0 Å². The number of allylic oxidation sites excluding steroid dienone is 1. The van der Waals surface area contributed by atoms with Crippen LogP contribution in [-0.2, 0) is 0 Å². The third kappa shape index (κ3) is 2.16. The summed E-state index contributed by atoms with van der Waals surface area (Å²) < 4.78 is 0. The van der Waals surface area contributed by atoms with Crippen molar-refractivity contribution in [2.75, 3.05) is 6.16 Å². The van der Waals surface area contributed by atoms with Gasteiger partial charge < -0.3 is 0 Å². The maximum atomic E-state index is 2.42. The molecule has 62 valence electrons. The second kappa shape index (κ2) is 4.17. The van der Waals surface area contributed by atoms with Gasteiger partial charge in [0.05, 0.1) is 0 Å². The van der Waals surface area contributed by atoms with Gasteiger partial charge in [-0.1, -0.05) is 53.6 Å². The SMILES string of the molecule is C1=C(Pc2ccccc2)PCC1. The zero-order valence-electron chi connectivity index (χ0n) is 6.88. The molecule has 0 saturated heterocycles. The summed E-state index contributed by atoms with van der Waals surface area (Å²) in [6.07, 6.45) is 5.13. The van der Waals surface area contributed by atoms with E-state index in [1.54, 1.807) is 5.06 Å². The molecule has 1 aliphatic rings. The lowest BCUT2D eigenvalue weighted by atomic mass is 10.4. The lowest BCUT2D eigenvalue weighted by Gasteiger charge is -2.00. The van der Waals surface area contributed by atoms with Crippen molar-refractivity contribution in [1.82, 2.24) is 0 Å². The number of rotatable bonds is 2. The molecule has 1 aliphatic heterocycles. The monoisotopic (exact) mass is 194 g/mol. The van der Waals surface area contributed by atoms with Gasteiger partial charge in [-0.25, -0.2) is 0 Å². The van der Waals surface area contributed by atoms with Crippen molar-refractivity contribution in [3.8, 4) is 0 Å². The summed E-state index contributed by atoms with van der Waals surface area (Å²) in [6, 6.07) is 10.8. The largest absolute Gasteiger partial charge is 0.0899 e. The second-order valence-electron chi connectivity index (χ2n) is 2.82. The van der Waals surface area contributed by atoms with E-state index in [4.69, 9.17) is 0 Å². The molecule has 2 atom stereocenters. The van der Waals surface area contributed by atoms with Gasteiger partial charge in [-0.05, 0) is 22.9 Å². The fraction of sp³-hybridized carbons (Fsp3) is 0.200. The van der Waals surface area contributed by atoms with Gasteiger partial charge in [0.1, 0.15) is 0 Å². The summed E-state index contributed by atoms with van der Waals surface area (Å²) >= 11 is 0. The van der Waals surface area contributed by atoms with Crippen LogP contribution < -0.4 is 5.30 Å². The minimum atomic E-state index is 0.932. The molecule has 2 heteroatoms. The molecular weight excluding hydrogens is 182 g/mol. The lowest BCUT2D eigenvalue weighted by molar-refractivity contribution is 1.27. The first-order chi connectivity index (χ1) is 5.95. The summed E-state index contributed by atoms with van der Waals surface area (Å²) in [5.74, 6) is 0. The molecule has 0 aliphatic carbocycles. The normalized spacial score (nSPS) is 19.2. The fourth-order valence-corrected chi connectivity index (χ4v) is 4.19. The molecule has 0 fully saturated rings. The predicted molar refractivity (Wildman–Crippen MR) is 60.3 cm³/mol. The molecule has 12 heavy (non-hydrogen) atoms. The van der Waals surface area contributed by atoms with Gasteiger partial charge in [0.2, 0.25) is 0 Å². The van der Waals surface area contributed by atoms with Gasteiger partial charge in [-0.3, -0.25) is 0 Å². The molecule has 0 spiro atoms. The Bertz CT molecular complexity index is 277. The van der Waals surface area contributed by atoms with Crippen molar-refractivity contribution < 1.29 is 0 Å². The highest BCUT2D eigenvalue weighted by Crippen LogP contribution is 2.43. The van der Waals surface area contributed by atoms with E-state index in [9.17, 15) is 0 Å². The summed E-state index contributed by atoms with van der Waals surface area (Å²) in [5.41, 5.74) is 0. The van der Waals surface area contributed by atoms with Crippen molar-refractivity contribution in [2.24, 2.45) is 0 Å². The maximum Gasteiger partial charge on any atom is -0.0226 e. The van der Waals surface area contributed by atoms with Crippen molar-refractivity contribution >= 4 is 22.5 Å². The highest BCUT2D eigenvalue weighted by Gasteiger charge is 2.03. The Morgan fingerprint density at radius 1 is 1.17 bits per heavy atom. The van der Waals surface area contributed by atoms with Crippen molar-refractivity contribution in [2.45, 2.75) is 6.42 Å². The van der Waals surface area contributed by atoms with Gasteiger partial charge in [0.25, 0.3) is 0 Å². The Morgan fingerprint density at radius 3 is 2.67 bits per heavy atom. The topological polar surface area (TPSA) is 0 Å². The van der Waals surface area contributed by atoms with E-state index >= 15 is 0 Å². The minimum absolute atomic E-state index is 0.932. The molecule has 0 N–H and O–H groups in total. The zero-order chi connectivity index (χ0) is 8.23. The molecule has 0 aromatic heterocycles. The molecule has 0 nitrogen and oxygen atoms in total. The van der Waals surface area contributed by atoms with Crippen LogP contribution in [0.5, 0.6) is 0 Å². The Hall–Kier alpha value is -0.180. The number of hydrogen-bond donors (Lipinski definition) is 0. The van der Waals surface area contributed by atoms with Gasteiger partial charge in [-0.15, -0.1) is 0 Å². The summed E-state index contributed by atoms with van der Waals surface area (Å²) in [4.78, 5) is 0. The first-order valence-electron chi connectivity index (χ1n) is 4.21. The average Bonchev–Trinajstić information content (AvgIpc) is 2.59. The first kappa shape index (κ1) is 8.42. The lowest BCUT2D eigenvalue weighted by Crippen LogP contribution is -1.89. The van der Waals surface area contributed by atoms with Crippen LogP contribution in [0.15, 0.2) is 41.5 Å². The van der Waals surface area contributed by atoms with Crippen molar-refractivity contribution in [3.05, 3.63) is 41.5 Å². The summed E-state index contributed by atoms with van der Waals surface area (Å²) in [6.45, 7) is 0. The minimum Gasteiger partial charge on any atom is -0.0899 e. The van der Waals surface area contributed by atoms with Crippen LogP contribution in [0.1, 0.15) is 6.42 Å². The second-order valence-corrected chi connectivity index (χ2v) is 6.08. The Balaban J connectivity index is 2.04. The molecule has 1 heterocycles. The van der Waals surface area contributed by atoms with E-state index in [-0.39, 0.29) is 0 Å². The quantitative estimate of drug-likeness (QED) is 0.635. The van der Waals surface area contributed by atoms with E-state index in [1.165, 1.54) is 17.9 Å². The van der Waals surface area contributed by atoms with Crippen LogP contribution in [0.4, 0.5) is 0 Å². The van der Waals surface area contributed by atoms with E-state index in [1.807, 2.05) is 0 Å². The third-order valence-electron chi connectivity index (χ3n) is 1.86. The molecule has 0 amide bonds. The van der Waals surface area contributed by atoms with Crippen LogP contribution in [-0.4, -0.2) is 6.16 Å². The zero-order valence-corrected chi connectivity index (χ0v) is 8.88. The standard InChI is InChI=1S/C10H12P2/c1-2-5-9(6-3-1)12-10-7-4-8-11-10/h1-3,5-7,11-12H,4,8H2. The molecule has 2 rings (SSSR count). The van der Waals surface area contributed by atoms with Crippen molar-refractivity contribution in [1.29, 1.82) is 0 Å². The molecular formula is C10H12P2. The molecule has 1 aromatic carbocycles. The summed E-state index contributed by atoms with van der Waals surface area (Å²) in [5, 5.41) is 3.17. The van der Waals surface area contributed by atoms with Crippen LogP contribution in [0.3, 0.4) is 0 Å². The van der Waals surface area contributed by atoms with Crippen LogP contribution >= 0.6 is 17.2 Å². The smallest absolute Gasteiger partial charge is 0.0226 e. The predicted octanol–water partition coefficient (Wildman–Crippen LogP) is 2.91. The van der Waals surface area contributed by atoms with E-state index in [2.05, 4.69) is 36.4 Å². The fourth-order valence-electron chi connectivity index (χ4n) is 1.27. The average molecular weight is 194 g/mol. The van der Waals surface area contributed by atoms with Crippen molar-refractivity contribution in [3.63, 3.8) is 0 Å². The van der Waals surface area contributed by atoms with Crippen LogP contribution in [0.2, 0.25) is 0 Å². The van der Waals surface area contributed by atoms with E-state index in [0.29, 0.717) is 0 Å². The molecule has 1 aromatic rings. The highest BCUT2D eigenvalue weighted by molar-refractivity contribution is 7.68. The van der Waals surface area contributed by atoms with Gasteiger partial charge in [-0.2, -0.15) is 0 Å². The molecule has 2 unspecified atom stereocenters.